The summed E-state index contributed by atoms with van der Waals surface area (Å²) in [5.74, 6) is 0.243. The summed E-state index contributed by atoms with van der Waals surface area (Å²) in [6.07, 6.45) is 6.21. The molecule has 1 heteroatoms. The first-order valence-corrected chi connectivity index (χ1v) is 2.67. The van der Waals surface area contributed by atoms with E-state index in [1.807, 2.05) is 25.2 Å². The SMILES string of the molecule is CC1=CC=CCC1=O. The maximum atomic E-state index is 10.7. The maximum absolute atomic E-state index is 10.7. The lowest BCUT2D eigenvalue weighted by atomic mass is 10.1. The molecule has 0 fully saturated rings. The molecule has 0 saturated carbocycles. The van der Waals surface area contributed by atoms with Gasteiger partial charge in [-0.2, -0.15) is 0 Å². The van der Waals surface area contributed by atoms with Crippen molar-refractivity contribution >= 4 is 5.78 Å². The Labute approximate surface area is 48.7 Å². The lowest BCUT2D eigenvalue weighted by Gasteiger charge is -1.98. The molecular weight excluding hydrogens is 100 g/mol. The van der Waals surface area contributed by atoms with Gasteiger partial charge in [0.2, 0.25) is 0 Å². The molecular formula is C7H8O. The fourth-order valence-electron chi connectivity index (χ4n) is 0.641. The fourth-order valence-corrected chi connectivity index (χ4v) is 0.641. The second-order valence-corrected chi connectivity index (χ2v) is 1.91. The second-order valence-electron chi connectivity index (χ2n) is 1.91. The molecule has 0 atom stereocenters. The minimum atomic E-state index is 0.243. The van der Waals surface area contributed by atoms with Crippen molar-refractivity contribution in [2.75, 3.05) is 0 Å². The van der Waals surface area contributed by atoms with Crippen LogP contribution in [0.2, 0.25) is 0 Å². The van der Waals surface area contributed by atoms with Gasteiger partial charge >= 0.3 is 0 Å². The van der Waals surface area contributed by atoms with Crippen LogP contribution in [0.3, 0.4) is 0 Å². The molecule has 1 nitrogen and oxygen atoms in total. The number of hydrogen-bond acceptors (Lipinski definition) is 1. The first kappa shape index (κ1) is 5.29. The van der Waals surface area contributed by atoms with Gasteiger partial charge in [0, 0.05) is 6.42 Å². The van der Waals surface area contributed by atoms with Crippen molar-refractivity contribution < 1.29 is 4.79 Å². The van der Waals surface area contributed by atoms with E-state index in [9.17, 15) is 4.79 Å². The Balaban J connectivity index is 2.80. The second kappa shape index (κ2) is 1.95. The Morgan fingerprint density at radius 2 is 2.38 bits per heavy atom. The highest BCUT2D eigenvalue weighted by molar-refractivity contribution is 5.96. The summed E-state index contributed by atoms with van der Waals surface area (Å²) in [6, 6.07) is 0. The molecule has 0 saturated heterocycles. The van der Waals surface area contributed by atoms with Crippen molar-refractivity contribution in [1.82, 2.24) is 0 Å². The zero-order valence-corrected chi connectivity index (χ0v) is 4.85. The standard InChI is InChI=1S/C7H8O/c1-6-4-2-3-5-7(6)8/h2-4H,5H2,1H3. The lowest BCUT2D eigenvalue weighted by Crippen LogP contribution is -1.99. The molecule has 0 aromatic carbocycles. The first-order valence-electron chi connectivity index (χ1n) is 2.67. The Morgan fingerprint density at radius 3 is 2.75 bits per heavy atom. The maximum Gasteiger partial charge on any atom is 0.162 e. The molecule has 0 radical (unpaired) electrons. The molecule has 0 bridgehead atoms. The number of Topliss-reactive ketones (excluding diaryl/α,β-unsaturated/α-hetero) is 1. The number of ketones is 1. The van der Waals surface area contributed by atoms with Gasteiger partial charge in [0.25, 0.3) is 0 Å². The zero-order valence-electron chi connectivity index (χ0n) is 4.85. The number of carbonyl (C=O) groups excluding carboxylic acids is 1. The third-order valence-corrected chi connectivity index (χ3v) is 1.23. The van der Waals surface area contributed by atoms with E-state index in [1.54, 1.807) is 0 Å². The van der Waals surface area contributed by atoms with Gasteiger partial charge in [-0.15, -0.1) is 0 Å². The van der Waals surface area contributed by atoms with Gasteiger partial charge in [-0.25, -0.2) is 0 Å². The van der Waals surface area contributed by atoms with Crippen molar-refractivity contribution in [2.24, 2.45) is 0 Å². The van der Waals surface area contributed by atoms with Gasteiger partial charge in [0.05, 0.1) is 0 Å². The summed E-state index contributed by atoms with van der Waals surface area (Å²) in [5, 5.41) is 0. The van der Waals surface area contributed by atoms with Gasteiger partial charge < -0.3 is 0 Å². The summed E-state index contributed by atoms with van der Waals surface area (Å²) in [4.78, 5) is 10.7. The normalized spacial score (nSPS) is 18.6. The summed E-state index contributed by atoms with van der Waals surface area (Å²) in [7, 11) is 0. The van der Waals surface area contributed by atoms with Crippen LogP contribution in [-0.4, -0.2) is 5.78 Å². The van der Waals surface area contributed by atoms with Crippen molar-refractivity contribution in [3.63, 3.8) is 0 Å². The summed E-state index contributed by atoms with van der Waals surface area (Å²) in [6.45, 7) is 1.84. The minimum Gasteiger partial charge on any atom is -0.294 e. The van der Waals surface area contributed by atoms with E-state index in [1.165, 1.54) is 0 Å². The van der Waals surface area contributed by atoms with E-state index in [2.05, 4.69) is 0 Å². The van der Waals surface area contributed by atoms with E-state index in [0.717, 1.165) is 5.57 Å². The molecule has 0 N–H and O–H groups in total. The van der Waals surface area contributed by atoms with E-state index in [4.69, 9.17) is 0 Å². The molecule has 0 unspecified atom stereocenters. The topological polar surface area (TPSA) is 17.1 Å². The first-order chi connectivity index (χ1) is 3.80. The smallest absolute Gasteiger partial charge is 0.162 e. The van der Waals surface area contributed by atoms with Gasteiger partial charge in [0.1, 0.15) is 0 Å². The monoisotopic (exact) mass is 108 g/mol. The van der Waals surface area contributed by atoms with Gasteiger partial charge in [0.15, 0.2) is 5.78 Å². The number of rotatable bonds is 0. The van der Waals surface area contributed by atoms with E-state index < -0.39 is 0 Å². The zero-order chi connectivity index (χ0) is 5.98. The Bertz CT molecular complexity index is 163. The lowest BCUT2D eigenvalue weighted by molar-refractivity contribution is -0.114. The van der Waals surface area contributed by atoms with Crippen LogP contribution in [0.4, 0.5) is 0 Å². The fraction of sp³-hybridized carbons (Fsp3) is 0.286. The molecule has 0 amide bonds. The molecule has 0 aromatic rings. The number of allylic oxidation sites excluding steroid dienone is 4. The van der Waals surface area contributed by atoms with Gasteiger partial charge in [-0.3, -0.25) is 4.79 Å². The quantitative estimate of drug-likeness (QED) is 0.459. The Morgan fingerprint density at radius 1 is 1.62 bits per heavy atom. The van der Waals surface area contributed by atoms with Crippen LogP contribution in [0.5, 0.6) is 0 Å². The summed E-state index contributed by atoms with van der Waals surface area (Å²) in [5.41, 5.74) is 0.868. The highest BCUT2D eigenvalue weighted by atomic mass is 16.1. The molecule has 0 aromatic heterocycles. The van der Waals surface area contributed by atoms with Crippen LogP contribution in [0, 0.1) is 0 Å². The Hall–Kier alpha value is -0.850. The van der Waals surface area contributed by atoms with Gasteiger partial charge in [-0.1, -0.05) is 18.2 Å². The van der Waals surface area contributed by atoms with Gasteiger partial charge in [-0.05, 0) is 12.5 Å². The molecule has 0 heterocycles. The molecule has 0 spiro atoms. The molecule has 0 aliphatic heterocycles. The molecule has 42 valence electrons. The average molecular weight is 108 g/mol. The van der Waals surface area contributed by atoms with E-state index >= 15 is 0 Å². The number of hydrogen-bond donors (Lipinski definition) is 0. The predicted molar refractivity (Wildman–Crippen MR) is 32.5 cm³/mol. The van der Waals surface area contributed by atoms with Crippen LogP contribution in [-0.2, 0) is 4.79 Å². The third-order valence-electron chi connectivity index (χ3n) is 1.23. The largest absolute Gasteiger partial charge is 0.294 e. The number of carbonyl (C=O) groups is 1. The van der Waals surface area contributed by atoms with Crippen molar-refractivity contribution in [3.05, 3.63) is 23.8 Å². The van der Waals surface area contributed by atoms with Crippen LogP contribution < -0.4 is 0 Å². The van der Waals surface area contributed by atoms with E-state index in [-0.39, 0.29) is 5.78 Å². The highest BCUT2D eigenvalue weighted by Gasteiger charge is 2.02. The third kappa shape index (κ3) is 0.861. The van der Waals surface area contributed by atoms with Crippen molar-refractivity contribution in [2.45, 2.75) is 13.3 Å². The van der Waals surface area contributed by atoms with Crippen molar-refractivity contribution in [1.29, 1.82) is 0 Å². The highest BCUT2D eigenvalue weighted by Crippen LogP contribution is 2.04. The molecule has 1 aliphatic carbocycles. The van der Waals surface area contributed by atoms with Crippen LogP contribution >= 0.6 is 0 Å². The summed E-state index contributed by atoms with van der Waals surface area (Å²) < 4.78 is 0. The predicted octanol–water partition coefficient (Wildman–Crippen LogP) is 1.46. The van der Waals surface area contributed by atoms with E-state index in [0.29, 0.717) is 6.42 Å². The average Bonchev–Trinajstić information content (AvgIpc) is 1.77. The minimum absolute atomic E-state index is 0.243. The van der Waals surface area contributed by atoms with Crippen LogP contribution in [0.1, 0.15) is 13.3 Å². The summed E-state index contributed by atoms with van der Waals surface area (Å²) >= 11 is 0. The van der Waals surface area contributed by atoms with Crippen LogP contribution in [0.15, 0.2) is 23.8 Å². The van der Waals surface area contributed by atoms with Crippen molar-refractivity contribution in [3.8, 4) is 0 Å². The molecule has 1 rings (SSSR count). The molecule has 8 heavy (non-hydrogen) atoms. The van der Waals surface area contributed by atoms with Crippen LogP contribution in [0.25, 0.3) is 0 Å². The Kier molecular flexibility index (Phi) is 1.29. The molecule has 1 aliphatic rings.